The third-order valence-corrected chi connectivity index (χ3v) is 4.07. The van der Waals surface area contributed by atoms with Gasteiger partial charge in [0.25, 0.3) is 0 Å². The largest absolute Gasteiger partial charge is 0.248 e. The number of hydrogen-bond donors (Lipinski definition) is 0. The second-order valence-electron chi connectivity index (χ2n) is 5.95. The Labute approximate surface area is 114 Å². The average molecular weight is 254 g/mol. The molecule has 3 nitrogen and oxygen atoms in total. The molecular formula is C16H20N3+. The van der Waals surface area contributed by atoms with E-state index in [0.29, 0.717) is 6.04 Å². The zero-order valence-corrected chi connectivity index (χ0v) is 11.8. The van der Waals surface area contributed by atoms with Crippen molar-refractivity contribution in [3.63, 3.8) is 0 Å². The van der Waals surface area contributed by atoms with Crippen molar-refractivity contribution in [1.82, 2.24) is 9.78 Å². The van der Waals surface area contributed by atoms with E-state index < -0.39 is 0 Å². The van der Waals surface area contributed by atoms with Crippen molar-refractivity contribution >= 4 is 0 Å². The van der Waals surface area contributed by atoms with Crippen molar-refractivity contribution in [2.24, 2.45) is 0 Å². The highest BCUT2D eigenvalue weighted by Crippen LogP contribution is 2.38. The van der Waals surface area contributed by atoms with E-state index in [1.165, 1.54) is 17.0 Å². The molecule has 0 bridgehead atoms. The molecule has 19 heavy (non-hydrogen) atoms. The Morgan fingerprint density at radius 1 is 1.42 bits per heavy atom. The normalized spacial score (nSPS) is 19.6. The van der Waals surface area contributed by atoms with Crippen LogP contribution in [0.15, 0.2) is 48.8 Å². The van der Waals surface area contributed by atoms with Gasteiger partial charge in [0.05, 0.1) is 0 Å². The number of fused-ring (bicyclic) bond motifs is 3. The van der Waals surface area contributed by atoms with Gasteiger partial charge in [-0.2, -0.15) is 9.67 Å². The summed E-state index contributed by atoms with van der Waals surface area (Å²) in [6.45, 7) is 10.7. The molecule has 1 atom stereocenters. The van der Waals surface area contributed by atoms with Crippen LogP contribution in [0.3, 0.4) is 0 Å². The van der Waals surface area contributed by atoms with Gasteiger partial charge in [-0.25, -0.2) is 4.68 Å². The molecule has 0 amide bonds. The van der Waals surface area contributed by atoms with Crippen LogP contribution in [0, 0.1) is 0 Å². The number of pyridine rings is 1. The van der Waals surface area contributed by atoms with Gasteiger partial charge in [0.15, 0.2) is 11.7 Å². The molecular weight excluding hydrogens is 234 g/mol. The summed E-state index contributed by atoms with van der Waals surface area (Å²) < 4.78 is 4.52. The summed E-state index contributed by atoms with van der Waals surface area (Å²) in [7, 11) is 0. The summed E-state index contributed by atoms with van der Waals surface area (Å²) >= 11 is 0. The second kappa shape index (κ2) is 4.05. The molecule has 0 fully saturated rings. The molecule has 98 valence electrons. The van der Waals surface area contributed by atoms with Gasteiger partial charge < -0.3 is 0 Å². The molecule has 0 saturated carbocycles. The SMILES string of the molecule is C=C(C)CC1n2nccc2-c2cccc[n+]2C1(C)C. The van der Waals surface area contributed by atoms with E-state index in [1.807, 2.05) is 6.20 Å². The van der Waals surface area contributed by atoms with Crippen LogP contribution in [0.1, 0.15) is 33.2 Å². The minimum absolute atomic E-state index is 0.0193. The van der Waals surface area contributed by atoms with Crippen LogP contribution < -0.4 is 4.57 Å². The van der Waals surface area contributed by atoms with E-state index in [-0.39, 0.29) is 5.54 Å². The summed E-state index contributed by atoms with van der Waals surface area (Å²) in [6, 6.07) is 8.72. The number of nitrogens with zero attached hydrogens (tertiary/aromatic N) is 3. The van der Waals surface area contributed by atoms with Crippen molar-refractivity contribution in [1.29, 1.82) is 0 Å². The van der Waals surface area contributed by atoms with Crippen molar-refractivity contribution in [3.05, 3.63) is 48.8 Å². The first-order valence-electron chi connectivity index (χ1n) is 6.71. The molecule has 0 saturated heterocycles. The van der Waals surface area contributed by atoms with Crippen LogP contribution in [-0.2, 0) is 5.54 Å². The molecule has 0 aliphatic carbocycles. The minimum Gasteiger partial charge on any atom is -0.248 e. The molecule has 3 heterocycles. The van der Waals surface area contributed by atoms with Gasteiger partial charge in [-0.3, -0.25) is 0 Å². The van der Waals surface area contributed by atoms with Crippen molar-refractivity contribution in [2.75, 3.05) is 0 Å². The third kappa shape index (κ3) is 1.72. The lowest BCUT2D eigenvalue weighted by molar-refractivity contribution is -0.757. The Balaban J connectivity index is 2.24. The van der Waals surface area contributed by atoms with E-state index >= 15 is 0 Å². The maximum Gasteiger partial charge on any atom is 0.231 e. The molecule has 1 aliphatic rings. The fourth-order valence-electron chi connectivity index (χ4n) is 3.05. The average Bonchev–Trinajstić information content (AvgIpc) is 2.83. The van der Waals surface area contributed by atoms with Gasteiger partial charge in [-0.05, 0) is 25.5 Å². The van der Waals surface area contributed by atoms with Gasteiger partial charge in [0, 0.05) is 32.2 Å². The topological polar surface area (TPSA) is 21.7 Å². The zero-order valence-electron chi connectivity index (χ0n) is 11.8. The van der Waals surface area contributed by atoms with Crippen molar-refractivity contribution < 1.29 is 4.57 Å². The lowest BCUT2D eigenvalue weighted by Gasteiger charge is -2.35. The van der Waals surface area contributed by atoms with Gasteiger partial charge in [0.1, 0.15) is 11.7 Å². The maximum absolute atomic E-state index is 4.55. The molecule has 3 rings (SSSR count). The quantitative estimate of drug-likeness (QED) is 0.596. The fourth-order valence-corrected chi connectivity index (χ4v) is 3.05. The highest BCUT2D eigenvalue weighted by atomic mass is 15.3. The Hall–Kier alpha value is -1.90. The Morgan fingerprint density at radius 3 is 2.95 bits per heavy atom. The summed E-state index contributed by atoms with van der Waals surface area (Å²) in [5.41, 5.74) is 3.59. The summed E-state index contributed by atoms with van der Waals surface area (Å²) in [6.07, 6.45) is 5.00. The highest BCUT2D eigenvalue weighted by molar-refractivity contribution is 5.51. The van der Waals surface area contributed by atoms with Crippen molar-refractivity contribution in [2.45, 2.75) is 38.8 Å². The first-order valence-corrected chi connectivity index (χ1v) is 6.71. The Morgan fingerprint density at radius 2 is 2.21 bits per heavy atom. The summed E-state index contributed by atoms with van der Waals surface area (Å²) in [5, 5.41) is 4.55. The van der Waals surface area contributed by atoms with E-state index in [2.05, 4.69) is 72.2 Å². The van der Waals surface area contributed by atoms with Crippen LogP contribution in [0.25, 0.3) is 11.4 Å². The van der Waals surface area contributed by atoms with E-state index in [0.717, 1.165) is 6.42 Å². The molecule has 1 unspecified atom stereocenters. The van der Waals surface area contributed by atoms with Crippen LogP contribution in [-0.4, -0.2) is 9.78 Å². The monoisotopic (exact) mass is 254 g/mol. The van der Waals surface area contributed by atoms with Crippen LogP contribution in [0.5, 0.6) is 0 Å². The van der Waals surface area contributed by atoms with Crippen LogP contribution >= 0.6 is 0 Å². The van der Waals surface area contributed by atoms with Crippen LogP contribution in [0.4, 0.5) is 0 Å². The molecule has 0 aromatic carbocycles. The first kappa shape index (κ1) is 12.2. The Kier molecular flexibility index (Phi) is 2.59. The second-order valence-corrected chi connectivity index (χ2v) is 5.95. The summed E-state index contributed by atoms with van der Waals surface area (Å²) in [5.74, 6) is 0. The lowest BCUT2D eigenvalue weighted by Crippen LogP contribution is -2.61. The predicted molar refractivity (Wildman–Crippen MR) is 75.6 cm³/mol. The molecule has 3 heteroatoms. The van der Waals surface area contributed by atoms with Gasteiger partial charge >= 0.3 is 0 Å². The molecule has 2 aromatic rings. The molecule has 2 aromatic heterocycles. The predicted octanol–water partition coefficient (Wildman–Crippen LogP) is 3.09. The minimum atomic E-state index is -0.0193. The van der Waals surface area contributed by atoms with Crippen molar-refractivity contribution in [3.8, 4) is 11.4 Å². The molecule has 0 N–H and O–H groups in total. The molecule has 1 aliphatic heterocycles. The fraction of sp³-hybridized carbons (Fsp3) is 0.375. The maximum atomic E-state index is 4.55. The molecule has 0 radical (unpaired) electrons. The van der Waals surface area contributed by atoms with Gasteiger partial charge in [-0.15, -0.1) is 6.58 Å². The molecule has 0 spiro atoms. The first-order chi connectivity index (χ1) is 9.01. The highest BCUT2D eigenvalue weighted by Gasteiger charge is 2.46. The van der Waals surface area contributed by atoms with Gasteiger partial charge in [0.2, 0.25) is 5.69 Å². The number of allylic oxidation sites excluding steroid dienone is 1. The zero-order chi connectivity index (χ0) is 13.6. The van der Waals surface area contributed by atoms with Crippen LogP contribution in [0.2, 0.25) is 0 Å². The standard InChI is InChI=1S/C16H20N3/c1-12(2)11-15-16(3,4)18-10-6-5-7-13(18)14-8-9-17-19(14)15/h5-10,15H,1,11H2,2-4H3/q+1. The van der Waals surface area contributed by atoms with Gasteiger partial charge in [-0.1, -0.05) is 5.57 Å². The smallest absolute Gasteiger partial charge is 0.231 e. The Bertz CT molecular complexity index is 637. The lowest BCUT2D eigenvalue weighted by atomic mass is 9.86. The van der Waals surface area contributed by atoms with E-state index in [9.17, 15) is 0 Å². The summed E-state index contributed by atoms with van der Waals surface area (Å²) in [4.78, 5) is 0. The number of rotatable bonds is 2. The number of aromatic nitrogens is 3. The third-order valence-electron chi connectivity index (χ3n) is 4.07. The van der Waals surface area contributed by atoms with E-state index in [1.54, 1.807) is 0 Å². The number of hydrogen-bond acceptors (Lipinski definition) is 1. The van der Waals surface area contributed by atoms with E-state index in [4.69, 9.17) is 0 Å².